The molecule has 0 aliphatic carbocycles. The Bertz CT molecular complexity index is 994. The lowest BCUT2D eigenvalue weighted by Crippen LogP contribution is -2.20. The lowest BCUT2D eigenvalue weighted by Gasteiger charge is -2.07. The number of amides is 1. The van der Waals surface area contributed by atoms with Gasteiger partial charge in [0, 0.05) is 23.9 Å². The number of nitrogens with zero attached hydrogens (tertiary/aromatic N) is 2. The van der Waals surface area contributed by atoms with Crippen LogP contribution in [0.25, 0.3) is 11.8 Å². The number of aromatic nitrogens is 2. The summed E-state index contributed by atoms with van der Waals surface area (Å²) in [7, 11) is 4.79. The first-order valence-electron chi connectivity index (χ1n) is 9.00. The summed E-state index contributed by atoms with van der Waals surface area (Å²) < 4.78 is 17.4. The zero-order valence-electron chi connectivity index (χ0n) is 16.6. The van der Waals surface area contributed by atoms with Crippen LogP contribution in [-0.2, 0) is 11.3 Å². The molecule has 1 N–H and O–H groups in total. The maximum absolute atomic E-state index is 12.1. The van der Waals surface area contributed by atoms with Gasteiger partial charge in [0.25, 0.3) is 0 Å². The number of carbonyl (C=O) groups is 1. The van der Waals surface area contributed by atoms with Crippen LogP contribution in [0.4, 0.5) is 0 Å². The smallest absolute Gasteiger partial charge is 0.244 e. The molecule has 150 valence electrons. The Hall–Kier alpha value is -3.74. The van der Waals surface area contributed by atoms with E-state index in [1.165, 1.54) is 6.08 Å². The van der Waals surface area contributed by atoms with Gasteiger partial charge in [-0.3, -0.25) is 4.79 Å². The number of benzene rings is 2. The Kier molecular flexibility index (Phi) is 6.52. The van der Waals surface area contributed by atoms with Crippen LogP contribution in [-0.4, -0.2) is 37.0 Å². The van der Waals surface area contributed by atoms with Crippen LogP contribution in [0.2, 0.25) is 0 Å². The summed E-state index contributed by atoms with van der Waals surface area (Å²) in [6.45, 7) is 0.325. The van der Waals surface area contributed by atoms with Crippen molar-refractivity contribution < 1.29 is 19.0 Å². The van der Waals surface area contributed by atoms with Crippen LogP contribution in [0.15, 0.2) is 60.8 Å². The lowest BCUT2D eigenvalue weighted by atomic mass is 10.1. The first kappa shape index (κ1) is 20.0. The van der Waals surface area contributed by atoms with Gasteiger partial charge < -0.3 is 19.5 Å². The van der Waals surface area contributed by atoms with Crippen molar-refractivity contribution in [2.75, 3.05) is 21.3 Å². The van der Waals surface area contributed by atoms with E-state index in [0.717, 1.165) is 22.7 Å². The molecular formula is C22H23N3O4. The molecule has 0 spiro atoms. The third kappa shape index (κ3) is 5.16. The van der Waals surface area contributed by atoms with Gasteiger partial charge >= 0.3 is 0 Å². The Morgan fingerprint density at radius 1 is 1.00 bits per heavy atom. The Balaban J connectivity index is 1.58. The second kappa shape index (κ2) is 9.45. The van der Waals surface area contributed by atoms with E-state index in [4.69, 9.17) is 14.2 Å². The van der Waals surface area contributed by atoms with Crippen LogP contribution in [0.5, 0.6) is 17.2 Å². The summed E-state index contributed by atoms with van der Waals surface area (Å²) in [5.74, 6) is 1.89. The van der Waals surface area contributed by atoms with Crippen LogP contribution in [0, 0.1) is 0 Å². The third-order valence-electron chi connectivity index (χ3n) is 4.28. The maximum atomic E-state index is 12.1. The van der Waals surface area contributed by atoms with Crippen molar-refractivity contribution in [1.82, 2.24) is 15.1 Å². The van der Waals surface area contributed by atoms with E-state index < -0.39 is 0 Å². The molecule has 0 unspecified atom stereocenters. The Morgan fingerprint density at radius 3 is 2.41 bits per heavy atom. The van der Waals surface area contributed by atoms with E-state index in [-0.39, 0.29) is 5.91 Å². The highest BCUT2D eigenvalue weighted by atomic mass is 16.5. The summed E-state index contributed by atoms with van der Waals surface area (Å²) in [6.07, 6.45) is 5.01. The fourth-order valence-electron chi connectivity index (χ4n) is 2.69. The van der Waals surface area contributed by atoms with Gasteiger partial charge in [0.1, 0.15) is 17.2 Å². The minimum atomic E-state index is -0.220. The maximum Gasteiger partial charge on any atom is 0.244 e. The van der Waals surface area contributed by atoms with E-state index in [9.17, 15) is 4.79 Å². The van der Waals surface area contributed by atoms with Crippen molar-refractivity contribution >= 4 is 12.0 Å². The molecule has 2 aromatic carbocycles. The first-order valence-corrected chi connectivity index (χ1v) is 9.00. The van der Waals surface area contributed by atoms with Gasteiger partial charge in [-0.15, -0.1) is 0 Å². The molecule has 1 aromatic heterocycles. The largest absolute Gasteiger partial charge is 0.497 e. The van der Waals surface area contributed by atoms with E-state index in [1.807, 2.05) is 48.7 Å². The zero-order valence-corrected chi connectivity index (χ0v) is 16.6. The fourth-order valence-corrected chi connectivity index (χ4v) is 2.69. The van der Waals surface area contributed by atoms with E-state index >= 15 is 0 Å². The number of methoxy groups -OCH3 is 3. The lowest BCUT2D eigenvalue weighted by molar-refractivity contribution is -0.116. The van der Waals surface area contributed by atoms with Crippen LogP contribution in [0.1, 0.15) is 11.3 Å². The van der Waals surface area contributed by atoms with Crippen molar-refractivity contribution in [3.63, 3.8) is 0 Å². The predicted octanol–water partition coefficient (Wildman–Crippen LogP) is 3.23. The molecule has 0 fully saturated rings. The molecule has 1 heterocycles. The molecule has 7 nitrogen and oxygen atoms in total. The average molecular weight is 393 g/mol. The molecule has 7 heteroatoms. The van der Waals surface area contributed by atoms with Crippen LogP contribution >= 0.6 is 0 Å². The molecule has 3 rings (SSSR count). The van der Waals surface area contributed by atoms with E-state index in [2.05, 4.69) is 10.4 Å². The number of hydrogen-bond acceptors (Lipinski definition) is 5. The molecule has 0 bridgehead atoms. The average Bonchev–Trinajstić information content (AvgIpc) is 3.25. The van der Waals surface area contributed by atoms with Gasteiger partial charge in [0.15, 0.2) is 0 Å². The second-order valence-corrected chi connectivity index (χ2v) is 6.11. The summed E-state index contributed by atoms with van der Waals surface area (Å²) >= 11 is 0. The standard InChI is InChI=1S/C22H23N3O4/c1-27-19-9-6-18(7-10-19)25-13-12-17(24-25)15-23-22(26)11-5-16-4-8-20(28-2)14-21(16)29-3/h4-14H,15H2,1-3H3,(H,23,26)/b11-5+. The second-order valence-electron chi connectivity index (χ2n) is 6.11. The molecule has 0 saturated carbocycles. The minimum absolute atomic E-state index is 0.220. The molecule has 0 atom stereocenters. The third-order valence-corrected chi connectivity index (χ3v) is 4.28. The van der Waals surface area contributed by atoms with Gasteiger partial charge in [-0.2, -0.15) is 5.10 Å². The van der Waals surface area contributed by atoms with Crippen LogP contribution in [0.3, 0.4) is 0 Å². The van der Waals surface area contributed by atoms with Crippen LogP contribution < -0.4 is 19.5 Å². The molecule has 0 radical (unpaired) electrons. The molecular weight excluding hydrogens is 370 g/mol. The minimum Gasteiger partial charge on any atom is -0.497 e. The SMILES string of the molecule is COc1ccc(-n2ccc(CNC(=O)/C=C/c3ccc(OC)cc3OC)n2)cc1. The first-order chi connectivity index (χ1) is 14.1. The summed E-state index contributed by atoms with van der Waals surface area (Å²) in [6, 6.07) is 14.8. The van der Waals surface area contributed by atoms with E-state index in [1.54, 1.807) is 38.2 Å². The van der Waals surface area contributed by atoms with Crippen molar-refractivity contribution in [3.8, 4) is 22.9 Å². The quantitative estimate of drug-likeness (QED) is 0.595. The number of nitrogens with one attached hydrogen (secondary N) is 1. The van der Waals surface area contributed by atoms with Gasteiger partial charge in [-0.05, 0) is 48.5 Å². The Morgan fingerprint density at radius 2 is 1.72 bits per heavy atom. The van der Waals surface area contributed by atoms with E-state index in [0.29, 0.717) is 18.0 Å². The molecule has 3 aromatic rings. The van der Waals surface area contributed by atoms with Gasteiger partial charge in [-0.1, -0.05) is 0 Å². The van der Waals surface area contributed by atoms with Crippen molar-refractivity contribution in [1.29, 1.82) is 0 Å². The number of carbonyl (C=O) groups excluding carboxylic acids is 1. The molecule has 0 aliphatic heterocycles. The molecule has 1 amide bonds. The summed E-state index contributed by atoms with van der Waals surface area (Å²) in [5.41, 5.74) is 2.45. The number of ether oxygens (including phenoxy) is 3. The van der Waals surface area contributed by atoms with Crippen molar-refractivity contribution in [2.45, 2.75) is 6.54 Å². The highest BCUT2D eigenvalue weighted by Gasteiger charge is 2.05. The number of rotatable bonds is 8. The molecule has 0 saturated heterocycles. The summed E-state index contributed by atoms with van der Waals surface area (Å²) in [4.78, 5) is 12.1. The summed E-state index contributed by atoms with van der Waals surface area (Å²) in [5, 5.41) is 7.30. The highest BCUT2D eigenvalue weighted by Crippen LogP contribution is 2.25. The topological polar surface area (TPSA) is 74.6 Å². The monoisotopic (exact) mass is 393 g/mol. The molecule has 29 heavy (non-hydrogen) atoms. The predicted molar refractivity (Wildman–Crippen MR) is 111 cm³/mol. The number of hydrogen-bond donors (Lipinski definition) is 1. The zero-order chi connectivity index (χ0) is 20.6. The van der Waals surface area contributed by atoms with Gasteiger partial charge in [0.05, 0.1) is 39.3 Å². The highest BCUT2D eigenvalue weighted by molar-refractivity contribution is 5.92. The van der Waals surface area contributed by atoms with Gasteiger partial charge in [-0.25, -0.2) is 4.68 Å². The van der Waals surface area contributed by atoms with Crippen molar-refractivity contribution in [3.05, 3.63) is 72.1 Å². The fraction of sp³-hybridized carbons (Fsp3) is 0.182. The Labute approximate surface area is 169 Å². The van der Waals surface area contributed by atoms with Gasteiger partial charge in [0.2, 0.25) is 5.91 Å². The molecule has 0 aliphatic rings. The normalized spacial score (nSPS) is 10.7. The van der Waals surface area contributed by atoms with Crippen molar-refractivity contribution in [2.24, 2.45) is 0 Å².